The zero-order valence-corrected chi connectivity index (χ0v) is 14.1. The number of rotatable bonds is 7. The molecule has 6 heteroatoms. The van der Waals surface area contributed by atoms with Crippen molar-refractivity contribution in [1.29, 1.82) is 0 Å². The van der Waals surface area contributed by atoms with E-state index in [2.05, 4.69) is 10.5 Å². The first-order valence-electron chi connectivity index (χ1n) is 7.94. The van der Waals surface area contributed by atoms with Crippen LogP contribution in [-0.4, -0.2) is 30.2 Å². The van der Waals surface area contributed by atoms with E-state index in [1.807, 2.05) is 44.2 Å². The number of benzene rings is 1. The summed E-state index contributed by atoms with van der Waals surface area (Å²) in [5, 5.41) is 6.57. The van der Waals surface area contributed by atoms with Crippen molar-refractivity contribution in [1.82, 2.24) is 10.5 Å². The minimum Gasteiger partial charge on any atom is -0.467 e. The van der Waals surface area contributed by atoms with Gasteiger partial charge in [0.25, 0.3) is 5.91 Å². The van der Waals surface area contributed by atoms with Crippen LogP contribution in [0.1, 0.15) is 48.0 Å². The zero-order valence-electron chi connectivity index (χ0n) is 14.1. The Hall–Kier alpha value is -2.63. The molecule has 128 valence electrons. The molecule has 1 unspecified atom stereocenters. The average molecular weight is 330 g/mol. The highest BCUT2D eigenvalue weighted by atomic mass is 16.5. The molecule has 2 aromatic rings. The van der Waals surface area contributed by atoms with Gasteiger partial charge in [-0.15, -0.1) is 0 Å². The summed E-state index contributed by atoms with van der Waals surface area (Å²) in [6, 6.07) is 10.2. The fourth-order valence-electron chi connectivity index (χ4n) is 2.25. The van der Waals surface area contributed by atoms with Crippen LogP contribution in [0.4, 0.5) is 0 Å². The summed E-state index contributed by atoms with van der Waals surface area (Å²) in [6.45, 7) is 4.04. The van der Waals surface area contributed by atoms with Gasteiger partial charge in [0.2, 0.25) is 5.76 Å². The molecule has 0 aliphatic carbocycles. The molecule has 0 aliphatic rings. The fourth-order valence-corrected chi connectivity index (χ4v) is 2.25. The third-order valence-electron chi connectivity index (χ3n) is 3.94. The molecule has 1 N–H and O–H groups in total. The number of esters is 1. The first kappa shape index (κ1) is 17.7. The van der Waals surface area contributed by atoms with Crippen molar-refractivity contribution >= 4 is 11.9 Å². The number of carbonyl (C=O) groups excluding carboxylic acids is 2. The smallest absolute Gasteiger partial charge is 0.328 e. The van der Waals surface area contributed by atoms with E-state index in [1.165, 1.54) is 7.11 Å². The predicted octanol–water partition coefficient (Wildman–Crippen LogP) is 2.70. The molecule has 6 nitrogen and oxygen atoms in total. The highest BCUT2D eigenvalue weighted by Gasteiger charge is 2.25. The Morgan fingerprint density at radius 1 is 1.29 bits per heavy atom. The van der Waals surface area contributed by atoms with Gasteiger partial charge in [-0.25, -0.2) is 4.79 Å². The predicted molar refractivity (Wildman–Crippen MR) is 88.6 cm³/mol. The molecule has 1 aromatic heterocycles. The monoisotopic (exact) mass is 330 g/mol. The standard InChI is InChI=1S/C18H22N2O4/c1-4-12(2)14-11-16(24-20-14)17(21)19-15(18(22)23-3)10-13-8-6-5-7-9-13/h5-9,11-12,15H,4,10H2,1-3H3,(H,19,21)/t12?,15-/m0/s1. The number of nitrogens with zero attached hydrogens (tertiary/aromatic N) is 1. The number of amides is 1. The summed E-state index contributed by atoms with van der Waals surface area (Å²) in [6.07, 6.45) is 1.23. The topological polar surface area (TPSA) is 81.4 Å². The van der Waals surface area contributed by atoms with Gasteiger partial charge in [-0.1, -0.05) is 49.3 Å². The van der Waals surface area contributed by atoms with Crippen LogP contribution < -0.4 is 5.32 Å². The summed E-state index contributed by atoms with van der Waals surface area (Å²) in [5.41, 5.74) is 1.64. The van der Waals surface area contributed by atoms with Crippen molar-refractivity contribution in [2.75, 3.05) is 7.11 Å². The van der Waals surface area contributed by atoms with Crippen LogP contribution >= 0.6 is 0 Å². The van der Waals surface area contributed by atoms with Gasteiger partial charge in [-0.3, -0.25) is 4.79 Å². The first-order valence-corrected chi connectivity index (χ1v) is 7.94. The molecule has 2 rings (SSSR count). The number of hydrogen-bond acceptors (Lipinski definition) is 5. The Labute approximate surface area is 141 Å². The third kappa shape index (κ3) is 4.44. The molecule has 1 heterocycles. The molecular formula is C18H22N2O4. The largest absolute Gasteiger partial charge is 0.467 e. The van der Waals surface area contributed by atoms with Gasteiger partial charge in [0.1, 0.15) is 6.04 Å². The highest BCUT2D eigenvalue weighted by Crippen LogP contribution is 2.18. The number of ether oxygens (including phenoxy) is 1. The second kappa shape index (κ2) is 8.29. The molecule has 1 aromatic carbocycles. The summed E-state index contributed by atoms with van der Waals surface area (Å²) in [5.74, 6) is -0.694. The summed E-state index contributed by atoms with van der Waals surface area (Å²) < 4.78 is 9.88. The van der Waals surface area contributed by atoms with Gasteiger partial charge in [0.05, 0.1) is 12.8 Å². The normalized spacial score (nSPS) is 13.1. The van der Waals surface area contributed by atoms with E-state index in [9.17, 15) is 9.59 Å². The number of hydrogen-bond donors (Lipinski definition) is 1. The molecule has 0 fully saturated rings. The number of carbonyl (C=O) groups is 2. The van der Waals surface area contributed by atoms with Gasteiger partial charge < -0.3 is 14.6 Å². The molecule has 0 spiro atoms. The Balaban J connectivity index is 2.09. The highest BCUT2D eigenvalue weighted by molar-refractivity contribution is 5.94. The van der Waals surface area contributed by atoms with Crippen molar-refractivity contribution in [3.8, 4) is 0 Å². The van der Waals surface area contributed by atoms with Gasteiger partial charge in [-0.05, 0) is 12.0 Å². The van der Waals surface area contributed by atoms with Crippen molar-refractivity contribution in [2.45, 2.75) is 38.6 Å². The fraction of sp³-hybridized carbons (Fsp3) is 0.389. The van der Waals surface area contributed by atoms with Gasteiger partial charge in [-0.2, -0.15) is 0 Å². The lowest BCUT2D eigenvalue weighted by molar-refractivity contribution is -0.142. The van der Waals surface area contributed by atoms with Crippen molar-refractivity contribution < 1.29 is 18.8 Å². The molecular weight excluding hydrogens is 308 g/mol. The second-order valence-electron chi connectivity index (χ2n) is 5.66. The van der Waals surface area contributed by atoms with Crippen LogP contribution in [0.2, 0.25) is 0 Å². The number of methoxy groups -OCH3 is 1. The second-order valence-corrected chi connectivity index (χ2v) is 5.66. The van der Waals surface area contributed by atoms with Gasteiger partial charge >= 0.3 is 5.97 Å². The maximum absolute atomic E-state index is 12.3. The number of nitrogens with one attached hydrogen (secondary N) is 1. The van der Waals surface area contributed by atoms with E-state index >= 15 is 0 Å². The lowest BCUT2D eigenvalue weighted by atomic mass is 10.0. The minimum atomic E-state index is -0.790. The van der Waals surface area contributed by atoms with E-state index < -0.39 is 17.9 Å². The summed E-state index contributed by atoms with van der Waals surface area (Å²) >= 11 is 0. The molecule has 0 aliphatic heterocycles. The van der Waals surface area contributed by atoms with Crippen LogP contribution in [0.25, 0.3) is 0 Å². The van der Waals surface area contributed by atoms with E-state index in [0.717, 1.165) is 17.7 Å². The quantitative estimate of drug-likeness (QED) is 0.789. The van der Waals surface area contributed by atoms with Crippen LogP contribution in [0, 0.1) is 0 Å². The van der Waals surface area contributed by atoms with E-state index in [4.69, 9.17) is 9.26 Å². The number of aromatic nitrogens is 1. The lowest BCUT2D eigenvalue weighted by Crippen LogP contribution is -2.43. The van der Waals surface area contributed by atoms with Crippen molar-refractivity contribution in [2.24, 2.45) is 0 Å². The Morgan fingerprint density at radius 3 is 2.62 bits per heavy atom. The average Bonchev–Trinajstić information content (AvgIpc) is 3.11. The Bertz CT molecular complexity index is 681. The maximum Gasteiger partial charge on any atom is 0.328 e. The van der Waals surface area contributed by atoms with Crippen LogP contribution in [-0.2, 0) is 16.0 Å². The minimum absolute atomic E-state index is 0.0901. The molecule has 24 heavy (non-hydrogen) atoms. The maximum atomic E-state index is 12.3. The van der Waals surface area contributed by atoms with E-state index in [-0.39, 0.29) is 11.7 Å². The molecule has 0 saturated heterocycles. The Morgan fingerprint density at radius 2 is 2.00 bits per heavy atom. The van der Waals surface area contributed by atoms with Crippen LogP contribution in [0.5, 0.6) is 0 Å². The van der Waals surface area contributed by atoms with Crippen molar-refractivity contribution in [3.05, 3.63) is 53.4 Å². The van der Waals surface area contributed by atoms with Crippen LogP contribution in [0.15, 0.2) is 40.9 Å². The van der Waals surface area contributed by atoms with Crippen LogP contribution in [0.3, 0.4) is 0 Å². The zero-order chi connectivity index (χ0) is 17.5. The molecule has 1 amide bonds. The SMILES string of the molecule is CCC(C)c1cc(C(=O)N[C@@H](Cc2ccccc2)C(=O)OC)on1. The Kier molecular flexibility index (Phi) is 6.12. The molecule has 2 atom stereocenters. The molecule has 0 bridgehead atoms. The van der Waals surface area contributed by atoms with Gasteiger partial charge in [0.15, 0.2) is 0 Å². The third-order valence-corrected chi connectivity index (χ3v) is 3.94. The summed E-state index contributed by atoms with van der Waals surface area (Å²) in [4.78, 5) is 24.3. The van der Waals surface area contributed by atoms with E-state index in [0.29, 0.717) is 6.42 Å². The first-order chi connectivity index (χ1) is 11.5. The summed E-state index contributed by atoms with van der Waals surface area (Å²) in [7, 11) is 1.29. The molecule has 0 radical (unpaired) electrons. The van der Waals surface area contributed by atoms with Gasteiger partial charge in [0, 0.05) is 18.4 Å². The molecule has 0 saturated carbocycles. The lowest BCUT2D eigenvalue weighted by Gasteiger charge is -2.15. The van der Waals surface area contributed by atoms with E-state index in [1.54, 1.807) is 6.07 Å². The van der Waals surface area contributed by atoms with Crippen molar-refractivity contribution in [3.63, 3.8) is 0 Å².